The first kappa shape index (κ1) is 18.0. The Morgan fingerprint density at radius 2 is 1.50 bits per heavy atom. The standard InChI is InChI=1S/C12H22N4O4/c1-6(14-4)11(19)15-7(2)12(20)16-9(8(3)17)5-10(13)18/h6-7,9,14H,5H2,1-4H3,(H2,13,18)(H,15,19)(H,16,20)/t6-,7-,9+/m1/s1. The number of carbonyl (C=O) groups excluding carboxylic acids is 4. The van der Waals surface area contributed by atoms with E-state index in [1.807, 2.05) is 0 Å². The van der Waals surface area contributed by atoms with Gasteiger partial charge >= 0.3 is 0 Å². The highest BCUT2D eigenvalue weighted by atomic mass is 16.2. The Morgan fingerprint density at radius 1 is 1.00 bits per heavy atom. The zero-order valence-electron chi connectivity index (χ0n) is 12.1. The Bertz CT molecular complexity index is 397. The number of likely N-dealkylation sites (N-methyl/N-ethyl adjacent to an activating group) is 1. The van der Waals surface area contributed by atoms with Crippen LogP contribution in [0.2, 0.25) is 0 Å². The number of nitrogens with two attached hydrogens (primary N) is 1. The zero-order valence-corrected chi connectivity index (χ0v) is 12.1. The fourth-order valence-corrected chi connectivity index (χ4v) is 1.33. The van der Waals surface area contributed by atoms with Crippen LogP contribution in [0.4, 0.5) is 0 Å². The normalized spacial score (nSPS) is 14.8. The summed E-state index contributed by atoms with van der Waals surface area (Å²) in [5.74, 6) is -1.96. The van der Waals surface area contributed by atoms with Crippen LogP contribution in [0.25, 0.3) is 0 Å². The van der Waals surface area contributed by atoms with Crippen molar-refractivity contribution < 1.29 is 19.2 Å². The van der Waals surface area contributed by atoms with Crippen molar-refractivity contribution in [3.8, 4) is 0 Å². The summed E-state index contributed by atoms with van der Waals surface area (Å²) in [7, 11) is 1.62. The molecule has 0 aliphatic carbocycles. The molecule has 0 spiro atoms. The molecule has 114 valence electrons. The van der Waals surface area contributed by atoms with Crippen molar-refractivity contribution in [2.24, 2.45) is 5.73 Å². The molecule has 0 bridgehead atoms. The minimum absolute atomic E-state index is 0.269. The average Bonchev–Trinajstić information content (AvgIpc) is 2.35. The number of amides is 3. The molecular formula is C12H22N4O4. The van der Waals surface area contributed by atoms with Crippen molar-refractivity contribution in [1.29, 1.82) is 0 Å². The lowest BCUT2D eigenvalue weighted by Crippen LogP contribution is -2.53. The summed E-state index contributed by atoms with van der Waals surface area (Å²) in [5, 5.41) is 7.61. The highest BCUT2D eigenvalue weighted by molar-refractivity contribution is 5.94. The average molecular weight is 286 g/mol. The van der Waals surface area contributed by atoms with E-state index in [9.17, 15) is 19.2 Å². The molecule has 0 heterocycles. The number of hydrogen-bond donors (Lipinski definition) is 4. The second-order valence-electron chi connectivity index (χ2n) is 4.58. The van der Waals surface area contributed by atoms with Gasteiger partial charge in [-0.3, -0.25) is 19.2 Å². The predicted octanol–water partition coefficient (Wildman–Crippen LogP) is -1.95. The van der Waals surface area contributed by atoms with Crippen LogP contribution in [-0.2, 0) is 19.2 Å². The molecule has 0 radical (unpaired) electrons. The lowest BCUT2D eigenvalue weighted by atomic mass is 10.1. The SMILES string of the molecule is CN[C@H](C)C(=O)N[C@H](C)C(=O)N[C@@H](CC(N)=O)C(C)=O. The van der Waals surface area contributed by atoms with Crippen LogP contribution in [0.5, 0.6) is 0 Å². The van der Waals surface area contributed by atoms with Gasteiger partial charge in [-0.15, -0.1) is 0 Å². The van der Waals surface area contributed by atoms with Crippen molar-refractivity contribution in [2.45, 2.75) is 45.3 Å². The number of carbonyl (C=O) groups is 4. The molecule has 0 unspecified atom stereocenters. The smallest absolute Gasteiger partial charge is 0.242 e. The van der Waals surface area contributed by atoms with Crippen molar-refractivity contribution in [1.82, 2.24) is 16.0 Å². The Morgan fingerprint density at radius 3 is 1.90 bits per heavy atom. The highest BCUT2D eigenvalue weighted by Gasteiger charge is 2.24. The number of nitrogens with one attached hydrogen (secondary N) is 3. The van der Waals surface area contributed by atoms with E-state index in [0.717, 1.165) is 0 Å². The number of primary amides is 1. The maximum absolute atomic E-state index is 11.8. The largest absolute Gasteiger partial charge is 0.370 e. The molecule has 0 fully saturated rings. The van der Waals surface area contributed by atoms with Crippen molar-refractivity contribution in [3.63, 3.8) is 0 Å². The summed E-state index contributed by atoms with van der Waals surface area (Å²) in [6.07, 6.45) is -0.269. The molecule has 0 aromatic rings. The number of rotatable bonds is 8. The molecule has 0 rings (SSSR count). The van der Waals surface area contributed by atoms with Gasteiger partial charge in [0.15, 0.2) is 5.78 Å². The lowest BCUT2D eigenvalue weighted by Gasteiger charge is -2.20. The maximum Gasteiger partial charge on any atom is 0.242 e. The van der Waals surface area contributed by atoms with Gasteiger partial charge in [-0.2, -0.15) is 0 Å². The summed E-state index contributed by atoms with van der Waals surface area (Å²) in [6, 6.07) is -2.24. The third-order valence-electron chi connectivity index (χ3n) is 2.79. The molecule has 3 atom stereocenters. The van der Waals surface area contributed by atoms with E-state index in [-0.39, 0.29) is 18.1 Å². The Hall–Kier alpha value is -1.96. The van der Waals surface area contributed by atoms with Gasteiger partial charge < -0.3 is 21.7 Å². The molecule has 0 aromatic heterocycles. The summed E-state index contributed by atoms with van der Waals surface area (Å²) in [4.78, 5) is 45.5. The number of hydrogen-bond acceptors (Lipinski definition) is 5. The van der Waals surface area contributed by atoms with Crippen molar-refractivity contribution >= 4 is 23.5 Å². The minimum Gasteiger partial charge on any atom is -0.370 e. The van der Waals surface area contributed by atoms with Gasteiger partial charge in [0.1, 0.15) is 6.04 Å². The molecule has 0 aliphatic heterocycles. The molecule has 0 aliphatic rings. The zero-order chi connectivity index (χ0) is 15.9. The topological polar surface area (TPSA) is 130 Å². The molecule has 0 saturated carbocycles. The second kappa shape index (κ2) is 8.26. The first-order valence-corrected chi connectivity index (χ1v) is 6.25. The number of Topliss-reactive ketones (excluding diaryl/α,β-unsaturated/α-hetero) is 1. The maximum atomic E-state index is 11.8. The number of ketones is 1. The summed E-state index contributed by atoms with van der Waals surface area (Å²) in [5.41, 5.74) is 5.00. The summed E-state index contributed by atoms with van der Waals surface area (Å²) < 4.78 is 0. The molecule has 0 aromatic carbocycles. The molecular weight excluding hydrogens is 264 g/mol. The first-order valence-electron chi connectivity index (χ1n) is 6.25. The van der Waals surface area contributed by atoms with Gasteiger partial charge in [-0.1, -0.05) is 0 Å². The fourth-order valence-electron chi connectivity index (χ4n) is 1.33. The van der Waals surface area contributed by atoms with Crippen LogP contribution in [-0.4, -0.2) is 48.7 Å². The fraction of sp³-hybridized carbons (Fsp3) is 0.667. The minimum atomic E-state index is -0.971. The molecule has 8 heteroatoms. The second-order valence-corrected chi connectivity index (χ2v) is 4.58. The third kappa shape index (κ3) is 6.28. The van der Waals surface area contributed by atoms with Gasteiger partial charge in [0, 0.05) is 0 Å². The van der Waals surface area contributed by atoms with E-state index in [4.69, 9.17) is 5.73 Å². The molecule has 0 saturated heterocycles. The van der Waals surface area contributed by atoms with Crippen LogP contribution in [0.15, 0.2) is 0 Å². The van der Waals surface area contributed by atoms with Crippen LogP contribution >= 0.6 is 0 Å². The van der Waals surface area contributed by atoms with E-state index >= 15 is 0 Å². The van der Waals surface area contributed by atoms with Gasteiger partial charge in [0.2, 0.25) is 17.7 Å². The van der Waals surface area contributed by atoms with Crippen LogP contribution < -0.4 is 21.7 Å². The van der Waals surface area contributed by atoms with Gasteiger partial charge in [0.05, 0.1) is 18.5 Å². The van der Waals surface area contributed by atoms with Crippen LogP contribution in [0.1, 0.15) is 27.2 Å². The van der Waals surface area contributed by atoms with Crippen LogP contribution in [0.3, 0.4) is 0 Å². The van der Waals surface area contributed by atoms with Crippen LogP contribution in [0, 0.1) is 0 Å². The summed E-state index contributed by atoms with van der Waals surface area (Å²) in [6.45, 7) is 4.38. The molecule has 8 nitrogen and oxygen atoms in total. The Labute approximate surface area is 117 Å². The van der Waals surface area contributed by atoms with Gasteiger partial charge in [-0.05, 0) is 27.8 Å². The lowest BCUT2D eigenvalue weighted by molar-refractivity contribution is -0.132. The van der Waals surface area contributed by atoms with Gasteiger partial charge in [0.25, 0.3) is 0 Å². The van der Waals surface area contributed by atoms with E-state index in [1.165, 1.54) is 13.8 Å². The van der Waals surface area contributed by atoms with E-state index in [1.54, 1.807) is 14.0 Å². The van der Waals surface area contributed by atoms with E-state index in [2.05, 4.69) is 16.0 Å². The van der Waals surface area contributed by atoms with Gasteiger partial charge in [-0.25, -0.2) is 0 Å². The van der Waals surface area contributed by atoms with E-state index in [0.29, 0.717) is 0 Å². The molecule has 5 N–H and O–H groups in total. The van der Waals surface area contributed by atoms with Crippen molar-refractivity contribution in [2.75, 3.05) is 7.05 Å². The molecule has 3 amide bonds. The monoisotopic (exact) mass is 286 g/mol. The highest BCUT2D eigenvalue weighted by Crippen LogP contribution is 1.95. The predicted molar refractivity (Wildman–Crippen MR) is 72.5 cm³/mol. The van der Waals surface area contributed by atoms with E-state index < -0.39 is 29.9 Å². The van der Waals surface area contributed by atoms with Crippen molar-refractivity contribution in [3.05, 3.63) is 0 Å². The summed E-state index contributed by atoms with van der Waals surface area (Å²) >= 11 is 0. The molecule has 20 heavy (non-hydrogen) atoms. The Kier molecular flexibility index (Phi) is 7.45. The quantitative estimate of drug-likeness (QED) is 0.412. The Balaban J connectivity index is 4.53. The first-order chi connectivity index (χ1) is 9.18. The third-order valence-corrected chi connectivity index (χ3v) is 2.79.